The molecule has 3 heteroatoms. The molecule has 0 radical (unpaired) electrons. The smallest absolute Gasteiger partial charge is 0.102 e. The summed E-state index contributed by atoms with van der Waals surface area (Å²) in [6.07, 6.45) is 1.56. The number of aliphatic hydroxyl groups is 1. The molecular weight excluding hydrogens is 216 g/mol. The summed E-state index contributed by atoms with van der Waals surface area (Å²) in [4.78, 5) is 0. The Balaban J connectivity index is 1.83. The fourth-order valence-electron chi connectivity index (χ4n) is 1.94. The molecule has 1 aliphatic heterocycles. The molecule has 1 saturated heterocycles. The lowest BCUT2D eigenvalue weighted by atomic mass is 10.1. The maximum absolute atomic E-state index is 9.98. The Bertz CT molecular complexity index is 328. The standard InChI is InChI=1S/C14H20O3/c1-2-11-3-5-12(6-4-11)14(15)10-17-13-7-8-16-9-13/h3-6,13-15H,2,7-10H2,1H3. The predicted molar refractivity (Wildman–Crippen MR) is 66.0 cm³/mol. The molecule has 0 aliphatic carbocycles. The molecule has 0 amide bonds. The number of hydrogen-bond donors (Lipinski definition) is 1. The molecule has 1 aliphatic rings. The van der Waals surface area contributed by atoms with Crippen LogP contribution in [0.3, 0.4) is 0 Å². The highest BCUT2D eigenvalue weighted by Gasteiger charge is 2.18. The van der Waals surface area contributed by atoms with Crippen LogP contribution in [-0.4, -0.2) is 31.0 Å². The molecule has 2 rings (SSSR count). The quantitative estimate of drug-likeness (QED) is 0.850. The average molecular weight is 236 g/mol. The van der Waals surface area contributed by atoms with Gasteiger partial charge < -0.3 is 14.6 Å². The number of aliphatic hydroxyl groups excluding tert-OH is 1. The fraction of sp³-hybridized carbons (Fsp3) is 0.571. The predicted octanol–water partition coefficient (Wildman–Crippen LogP) is 2.09. The topological polar surface area (TPSA) is 38.7 Å². The van der Waals surface area contributed by atoms with E-state index in [0.29, 0.717) is 13.2 Å². The largest absolute Gasteiger partial charge is 0.386 e. The summed E-state index contributed by atoms with van der Waals surface area (Å²) >= 11 is 0. The number of hydrogen-bond acceptors (Lipinski definition) is 3. The van der Waals surface area contributed by atoms with Gasteiger partial charge in [0.25, 0.3) is 0 Å². The summed E-state index contributed by atoms with van der Waals surface area (Å²) in [7, 11) is 0. The van der Waals surface area contributed by atoms with Gasteiger partial charge in [-0.15, -0.1) is 0 Å². The zero-order valence-electron chi connectivity index (χ0n) is 10.3. The maximum Gasteiger partial charge on any atom is 0.102 e. The van der Waals surface area contributed by atoms with Crippen LogP contribution in [-0.2, 0) is 15.9 Å². The number of rotatable bonds is 5. The van der Waals surface area contributed by atoms with Crippen molar-refractivity contribution < 1.29 is 14.6 Å². The molecule has 17 heavy (non-hydrogen) atoms. The molecule has 1 aromatic rings. The molecule has 0 bridgehead atoms. The summed E-state index contributed by atoms with van der Waals surface area (Å²) < 4.78 is 10.8. The fourth-order valence-corrected chi connectivity index (χ4v) is 1.94. The third kappa shape index (κ3) is 3.53. The Morgan fingerprint density at radius 3 is 2.76 bits per heavy atom. The van der Waals surface area contributed by atoms with Gasteiger partial charge in [-0.25, -0.2) is 0 Å². The van der Waals surface area contributed by atoms with Gasteiger partial charge in [0, 0.05) is 6.61 Å². The summed E-state index contributed by atoms with van der Waals surface area (Å²) in [6, 6.07) is 8.05. The van der Waals surface area contributed by atoms with Gasteiger partial charge in [-0.3, -0.25) is 0 Å². The van der Waals surface area contributed by atoms with E-state index in [2.05, 4.69) is 19.1 Å². The Morgan fingerprint density at radius 2 is 2.18 bits per heavy atom. The first-order valence-corrected chi connectivity index (χ1v) is 6.26. The minimum absolute atomic E-state index is 0.152. The van der Waals surface area contributed by atoms with Gasteiger partial charge in [0.15, 0.2) is 0 Å². The molecule has 1 N–H and O–H groups in total. The monoisotopic (exact) mass is 236 g/mol. The molecule has 0 aromatic heterocycles. The minimum atomic E-state index is -0.540. The molecule has 1 aromatic carbocycles. The Labute approximate surface area is 102 Å². The van der Waals surface area contributed by atoms with E-state index in [1.165, 1.54) is 5.56 Å². The van der Waals surface area contributed by atoms with E-state index in [0.717, 1.165) is 25.0 Å². The van der Waals surface area contributed by atoms with Crippen LogP contribution in [0.5, 0.6) is 0 Å². The summed E-state index contributed by atoms with van der Waals surface area (Å²) in [6.45, 7) is 3.89. The van der Waals surface area contributed by atoms with Crippen molar-refractivity contribution in [2.75, 3.05) is 19.8 Å². The maximum atomic E-state index is 9.98. The number of aryl methyl sites for hydroxylation is 1. The second-order valence-corrected chi connectivity index (χ2v) is 4.43. The van der Waals surface area contributed by atoms with E-state index in [9.17, 15) is 5.11 Å². The van der Waals surface area contributed by atoms with E-state index in [1.807, 2.05) is 12.1 Å². The first kappa shape index (κ1) is 12.6. The summed E-state index contributed by atoms with van der Waals surface area (Å²) in [5, 5.41) is 9.98. The Kier molecular flexibility index (Phi) is 4.54. The highest BCUT2D eigenvalue weighted by Crippen LogP contribution is 2.17. The van der Waals surface area contributed by atoms with Gasteiger partial charge in [0.1, 0.15) is 6.10 Å². The zero-order chi connectivity index (χ0) is 12.1. The lowest BCUT2D eigenvalue weighted by Crippen LogP contribution is -2.17. The number of ether oxygens (including phenoxy) is 2. The van der Waals surface area contributed by atoms with E-state index in [4.69, 9.17) is 9.47 Å². The highest BCUT2D eigenvalue weighted by molar-refractivity contribution is 5.24. The normalized spacial score (nSPS) is 21.6. The minimum Gasteiger partial charge on any atom is -0.386 e. The van der Waals surface area contributed by atoms with Crippen molar-refractivity contribution in [3.63, 3.8) is 0 Å². The van der Waals surface area contributed by atoms with Crippen molar-refractivity contribution in [3.8, 4) is 0 Å². The lowest BCUT2D eigenvalue weighted by Gasteiger charge is -2.15. The molecular formula is C14H20O3. The van der Waals surface area contributed by atoms with Crippen molar-refractivity contribution in [1.82, 2.24) is 0 Å². The van der Waals surface area contributed by atoms with Gasteiger partial charge in [-0.2, -0.15) is 0 Å². The Morgan fingerprint density at radius 1 is 1.41 bits per heavy atom. The Hall–Kier alpha value is -0.900. The van der Waals surface area contributed by atoms with E-state index < -0.39 is 6.10 Å². The van der Waals surface area contributed by atoms with E-state index in [1.54, 1.807) is 0 Å². The van der Waals surface area contributed by atoms with Crippen LogP contribution in [0, 0.1) is 0 Å². The third-order valence-corrected chi connectivity index (χ3v) is 3.15. The van der Waals surface area contributed by atoms with E-state index in [-0.39, 0.29) is 6.10 Å². The first-order valence-electron chi connectivity index (χ1n) is 6.26. The summed E-state index contributed by atoms with van der Waals surface area (Å²) in [5.41, 5.74) is 2.20. The second kappa shape index (κ2) is 6.15. The van der Waals surface area contributed by atoms with Crippen LogP contribution < -0.4 is 0 Å². The van der Waals surface area contributed by atoms with Crippen LogP contribution in [0.2, 0.25) is 0 Å². The molecule has 2 atom stereocenters. The van der Waals surface area contributed by atoms with Gasteiger partial charge in [-0.1, -0.05) is 31.2 Å². The molecule has 94 valence electrons. The molecule has 1 fully saturated rings. The second-order valence-electron chi connectivity index (χ2n) is 4.43. The van der Waals surface area contributed by atoms with Crippen molar-refractivity contribution in [1.29, 1.82) is 0 Å². The zero-order valence-corrected chi connectivity index (χ0v) is 10.3. The van der Waals surface area contributed by atoms with E-state index >= 15 is 0 Å². The third-order valence-electron chi connectivity index (χ3n) is 3.15. The van der Waals surface area contributed by atoms with Crippen molar-refractivity contribution in [2.45, 2.75) is 32.0 Å². The van der Waals surface area contributed by atoms with Crippen LogP contribution in [0.4, 0.5) is 0 Å². The van der Waals surface area contributed by atoms with Gasteiger partial charge in [0.05, 0.1) is 19.3 Å². The molecule has 2 unspecified atom stereocenters. The van der Waals surface area contributed by atoms with Crippen LogP contribution >= 0.6 is 0 Å². The average Bonchev–Trinajstić information content (AvgIpc) is 2.89. The lowest BCUT2D eigenvalue weighted by molar-refractivity contribution is -0.0131. The van der Waals surface area contributed by atoms with Gasteiger partial charge in [-0.05, 0) is 24.0 Å². The summed E-state index contributed by atoms with van der Waals surface area (Å²) in [5.74, 6) is 0. The first-order chi connectivity index (χ1) is 8.29. The highest BCUT2D eigenvalue weighted by atomic mass is 16.5. The number of benzene rings is 1. The van der Waals surface area contributed by atoms with Crippen molar-refractivity contribution >= 4 is 0 Å². The van der Waals surface area contributed by atoms with Crippen molar-refractivity contribution in [2.24, 2.45) is 0 Å². The van der Waals surface area contributed by atoms with Crippen LogP contribution in [0.25, 0.3) is 0 Å². The van der Waals surface area contributed by atoms with Crippen molar-refractivity contribution in [3.05, 3.63) is 35.4 Å². The van der Waals surface area contributed by atoms with Crippen LogP contribution in [0.15, 0.2) is 24.3 Å². The molecule has 0 saturated carbocycles. The molecule has 1 heterocycles. The van der Waals surface area contributed by atoms with Crippen LogP contribution in [0.1, 0.15) is 30.6 Å². The molecule has 3 nitrogen and oxygen atoms in total. The van der Waals surface area contributed by atoms with Gasteiger partial charge in [0.2, 0.25) is 0 Å². The van der Waals surface area contributed by atoms with Gasteiger partial charge >= 0.3 is 0 Å². The SMILES string of the molecule is CCc1ccc(C(O)COC2CCOC2)cc1. The molecule has 0 spiro atoms.